The number of hydrogen-bond acceptors (Lipinski definition) is 3. The second-order valence-corrected chi connectivity index (χ2v) is 5.87. The van der Waals surface area contributed by atoms with Gasteiger partial charge in [0.1, 0.15) is 6.04 Å². The van der Waals surface area contributed by atoms with E-state index in [0.29, 0.717) is 5.56 Å². The summed E-state index contributed by atoms with van der Waals surface area (Å²) >= 11 is 0. The smallest absolute Gasteiger partial charge is 0.244 e. The van der Waals surface area contributed by atoms with Gasteiger partial charge in [-0.25, -0.2) is 0 Å². The molecule has 1 atom stereocenters. The Morgan fingerprint density at radius 2 is 1.74 bits per heavy atom. The third kappa shape index (κ3) is 5.09. The van der Waals surface area contributed by atoms with Crippen molar-refractivity contribution >= 4 is 17.7 Å². The molecule has 23 heavy (non-hydrogen) atoms. The number of carbonyl (C=O) groups excluding carboxylic acids is 3. The third-order valence-corrected chi connectivity index (χ3v) is 4.12. The average Bonchev–Trinajstić information content (AvgIpc) is 2.58. The van der Waals surface area contributed by atoms with Crippen LogP contribution in [0.25, 0.3) is 0 Å². The molecule has 1 fully saturated rings. The van der Waals surface area contributed by atoms with Crippen LogP contribution in [0.15, 0.2) is 30.3 Å². The van der Waals surface area contributed by atoms with Crippen molar-refractivity contribution in [3.63, 3.8) is 0 Å². The fourth-order valence-corrected chi connectivity index (χ4v) is 2.85. The molecular formula is C17H23N3O3. The van der Waals surface area contributed by atoms with E-state index >= 15 is 0 Å². The number of benzene rings is 1. The van der Waals surface area contributed by atoms with Crippen LogP contribution in [0.4, 0.5) is 0 Å². The summed E-state index contributed by atoms with van der Waals surface area (Å²) in [6.45, 7) is -0.147. The molecule has 2 rings (SSSR count). The first-order valence-electron chi connectivity index (χ1n) is 7.99. The molecule has 0 bridgehead atoms. The third-order valence-electron chi connectivity index (χ3n) is 4.12. The lowest BCUT2D eigenvalue weighted by molar-refractivity contribution is -0.130. The molecule has 1 aliphatic carbocycles. The number of nitrogens with one attached hydrogen (secondary N) is 2. The molecule has 1 aromatic carbocycles. The zero-order valence-electron chi connectivity index (χ0n) is 13.1. The lowest BCUT2D eigenvalue weighted by Crippen LogP contribution is -2.44. The minimum Gasteiger partial charge on any atom is -0.368 e. The molecule has 1 aliphatic rings. The monoisotopic (exact) mass is 317 g/mol. The topological polar surface area (TPSA) is 101 Å². The van der Waals surface area contributed by atoms with E-state index in [-0.39, 0.29) is 18.4 Å². The van der Waals surface area contributed by atoms with Crippen molar-refractivity contribution in [3.05, 3.63) is 35.9 Å². The number of nitrogens with two attached hydrogens (primary N) is 1. The van der Waals surface area contributed by atoms with E-state index in [9.17, 15) is 14.4 Å². The van der Waals surface area contributed by atoms with Gasteiger partial charge in [-0.15, -0.1) is 0 Å². The summed E-state index contributed by atoms with van der Waals surface area (Å²) in [6.07, 6.45) is 5.04. The fourth-order valence-electron chi connectivity index (χ4n) is 2.85. The zero-order chi connectivity index (χ0) is 16.7. The fraction of sp³-hybridized carbons (Fsp3) is 0.471. The minimum atomic E-state index is -0.893. The van der Waals surface area contributed by atoms with Crippen LogP contribution in [-0.2, 0) is 14.4 Å². The van der Waals surface area contributed by atoms with Gasteiger partial charge in [-0.1, -0.05) is 49.6 Å². The van der Waals surface area contributed by atoms with Crippen LogP contribution in [-0.4, -0.2) is 24.3 Å². The van der Waals surface area contributed by atoms with Gasteiger partial charge in [0.05, 0.1) is 6.54 Å². The lowest BCUT2D eigenvalue weighted by Gasteiger charge is -2.21. The highest BCUT2D eigenvalue weighted by Gasteiger charge is 2.23. The quantitative estimate of drug-likeness (QED) is 0.730. The zero-order valence-corrected chi connectivity index (χ0v) is 13.1. The highest BCUT2D eigenvalue weighted by molar-refractivity contribution is 5.90. The van der Waals surface area contributed by atoms with Gasteiger partial charge in [-0.2, -0.15) is 0 Å². The normalized spacial score (nSPS) is 16.3. The van der Waals surface area contributed by atoms with E-state index in [0.717, 1.165) is 25.7 Å². The molecule has 1 unspecified atom stereocenters. The van der Waals surface area contributed by atoms with Gasteiger partial charge in [0, 0.05) is 5.92 Å². The standard InChI is InChI=1S/C17H23N3O3/c18-16(22)15(12-7-3-1-4-8-12)20-14(21)11-19-17(23)13-9-5-2-6-10-13/h1,3-4,7-8,13,15H,2,5-6,9-11H2,(H2,18,22)(H,19,23)(H,20,21). The number of rotatable bonds is 6. The Bertz CT molecular complexity index is 553. The Morgan fingerprint density at radius 1 is 1.09 bits per heavy atom. The molecule has 4 N–H and O–H groups in total. The lowest BCUT2D eigenvalue weighted by atomic mass is 9.89. The van der Waals surface area contributed by atoms with Crippen LogP contribution in [0.3, 0.4) is 0 Å². The maximum atomic E-state index is 12.0. The first kappa shape index (κ1) is 17.0. The number of amides is 3. The second-order valence-electron chi connectivity index (χ2n) is 5.87. The van der Waals surface area contributed by atoms with E-state index < -0.39 is 17.9 Å². The second kappa shape index (κ2) is 8.31. The minimum absolute atomic E-state index is 0.00221. The van der Waals surface area contributed by atoms with Gasteiger partial charge in [-0.3, -0.25) is 14.4 Å². The van der Waals surface area contributed by atoms with Crippen molar-refractivity contribution in [3.8, 4) is 0 Å². The molecule has 6 heteroatoms. The summed E-state index contributed by atoms with van der Waals surface area (Å²) in [5.74, 6) is -1.15. The number of hydrogen-bond donors (Lipinski definition) is 3. The molecule has 0 aromatic heterocycles. The summed E-state index contributed by atoms with van der Waals surface area (Å²) in [6, 6.07) is 7.89. The van der Waals surface area contributed by atoms with Crippen molar-refractivity contribution in [2.24, 2.45) is 11.7 Å². The molecule has 0 spiro atoms. The maximum absolute atomic E-state index is 12.0. The number of primary amides is 1. The van der Waals surface area contributed by atoms with Crippen molar-refractivity contribution in [2.75, 3.05) is 6.54 Å². The summed E-state index contributed by atoms with van der Waals surface area (Å²) in [5.41, 5.74) is 5.97. The van der Waals surface area contributed by atoms with Crippen molar-refractivity contribution in [2.45, 2.75) is 38.1 Å². The Kier molecular flexibility index (Phi) is 6.14. The molecule has 6 nitrogen and oxygen atoms in total. The van der Waals surface area contributed by atoms with Gasteiger partial charge < -0.3 is 16.4 Å². The van der Waals surface area contributed by atoms with E-state index in [1.807, 2.05) is 6.07 Å². The van der Waals surface area contributed by atoms with E-state index in [2.05, 4.69) is 10.6 Å². The molecule has 3 amide bonds. The van der Waals surface area contributed by atoms with Crippen molar-refractivity contribution in [1.82, 2.24) is 10.6 Å². The molecule has 1 aromatic rings. The molecule has 0 radical (unpaired) electrons. The number of carbonyl (C=O) groups is 3. The summed E-state index contributed by atoms with van der Waals surface area (Å²) in [7, 11) is 0. The molecule has 0 heterocycles. The first-order chi connectivity index (χ1) is 11.1. The maximum Gasteiger partial charge on any atom is 0.244 e. The molecule has 0 aliphatic heterocycles. The average molecular weight is 317 g/mol. The molecule has 1 saturated carbocycles. The van der Waals surface area contributed by atoms with E-state index in [1.54, 1.807) is 24.3 Å². The van der Waals surface area contributed by atoms with Crippen LogP contribution in [0.1, 0.15) is 43.7 Å². The van der Waals surface area contributed by atoms with E-state index in [4.69, 9.17) is 5.73 Å². The van der Waals surface area contributed by atoms with Crippen LogP contribution in [0.2, 0.25) is 0 Å². The van der Waals surface area contributed by atoms with Crippen LogP contribution < -0.4 is 16.4 Å². The SMILES string of the molecule is NC(=O)C(NC(=O)CNC(=O)C1CCCCC1)c1ccccc1. The van der Waals surface area contributed by atoms with Gasteiger partial charge in [-0.05, 0) is 18.4 Å². The Labute approximate surface area is 135 Å². The van der Waals surface area contributed by atoms with Gasteiger partial charge in [0.15, 0.2) is 0 Å². The van der Waals surface area contributed by atoms with Crippen molar-refractivity contribution in [1.29, 1.82) is 0 Å². The summed E-state index contributed by atoms with van der Waals surface area (Å²) in [4.78, 5) is 35.5. The van der Waals surface area contributed by atoms with Gasteiger partial charge in [0.2, 0.25) is 17.7 Å². The highest BCUT2D eigenvalue weighted by atomic mass is 16.2. The predicted molar refractivity (Wildman–Crippen MR) is 86.1 cm³/mol. The molecule has 124 valence electrons. The Balaban J connectivity index is 1.85. The summed E-state index contributed by atoms with van der Waals surface area (Å²) in [5, 5.41) is 5.21. The van der Waals surface area contributed by atoms with E-state index in [1.165, 1.54) is 6.42 Å². The molecule has 0 saturated heterocycles. The van der Waals surface area contributed by atoms with Crippen LogP contribution in [0, 0.1) is 5.92 Å². The van der Waals surface area contributed by atoms with Crippen LogP contribution in [0.5, 0.6) is 0 Å². The molecular weight excluding hydrogens is 294 g/mol. The largest absolute Gasteiger partial charge is 0.368 e. The summed E-state index contributed by atoms with van der Waals surface area (Å²) < 4.78 is 0. The highest BCUT2D eigenvalue weighted by Crippen LogP contribution is 2.23. The Morgan fingerprint density at radius 3 is 2.35 bits per heavy atom. The predicted octanol–water partition coefficient (Wildman–Crippen LogP) is 1.03. The van der Waals surface area contributed by atoms with Crippen LogP contribution >= 0.6 is 0 Å². The van der Waals surface area contributed by atoms with Gasteiger partial charge in [0.25, 0.3) is 0 Å². The first-order valence-corrected chi connectivity index (χ1v) is 7.99. The van der Waals surface area contributed by atoms with Gasteiger partial charge >= 0.3 is 0 Å². The Hall–Kier alpha value is -2.37. The van der Waals surface area contributed by atoms with Crippen molar-refractivity contribution < 1.29 is 14.4 Å².